The minimum atomic E-state index is 0.391. The van der Waals surface area contributed by atoms with Crippen molar-refractivity contribution >= 4 is 17.4 Å². The third kappa shape index (κ3) is 3.85. The van der Waals surface area contributed by atoms with Crippen LogP contribution < -0.4 is 5.73 Å². The SMILES string of the molecule is CC(C)CSc1ccc(N)c(CC#N)c1. The van der Waals surface area contributed by atoms with Crippen molar-refractivity contribution in [2.24, 2.45) is 5.92 Å². The lowest BCUT2D eigenvalue weighted by Crippen LogP contribution is -1.95. The van der Waals surface area contributed by atoms with E-state index in [1.165, 1.54) is 4.90 Å². The Balaban J connectivity index is 2.74. The summed E-state index contributed by atoms with van der Waals surface area (Å²) in [5, 5.41) is 8.64. The number of rotatable bonds is 4. The van der Waals surface area contributed by atoms with E-state index in [1.54, 1.807) is 0 Å². The molecule has 80 valence electrons. The smallest absolute Gasteiger partial charge is 0.0670 e. The molecule has 1 rings (SSSR count). The Bertz CT molecular complexity index is 366. The number of nitrogen functional groups attached to an aromatic ring is 1. The Morgan fingerprint density at radius 3 is 2.80 bits per heavy atom. The second-order valence-corrected chi connectivity index (χ2v) is 4.99. The Labute approximate surface area is 95.5 Å². The first kappa shape index (κ1) is 11.9. The molecule has 0 atom stereocenters. The van der Waals surface area contributed by atoms with Gasteiger partial charge in [-0.3, -0.25) is 0 Å². The zero-order valence-electron chi connectivity index (χ0n) is 9.16. The first-order valence-corrected chi connectivity index (χ1v) is 6.00. The Hall–Kier alpha value is -1.14. The van der Waals surface area contributed by atoms with Crippen molar-refractivity contribution in [2.75, 3.05) is 11.5 Å². The van der Waals surface area contributed by atoms with Crippen LogP contribution in [0.5, 0.6) is 0 Å². The number of benzene rings is 1. The molecule has 15 heavy (non-hydrogen) atoms. The monoisotopic (exact) mass is 220 g/mol. The van der Waals surface area contributed by atoms with Crippen LogP contribution >= 0.6 is 11.8 Å². The molecular weight excluding hydrogens is 204 g/mol. The molecule has 0 heterocycles. The molecule has 0 saturated carbocycles. The van der Waals surface area contributed by atoms with E-state index in [2.05, 4.69) is 19.9 Å². The number of hydrogen-bond acceptors (Lipinski definition) is 3. The maximum absolute atomic E-state index is 8.64. The standard InChI is InChI=1S/C12H16N2S/c1-9(2)8-15-11-3-4-12(14)10(7-11)5-6-13/h3-4,7,9H,5,8,14H2,1-2H3. The average molecular weight is 220 g/mol. The number of nitriles is 1. The maximum Gasteiger partial charge on any atom is 0.0670 e. The van der Waals surface area contributed by atoms with Crippen molar-refractivity contribution in [3.8, 4) is 6.07 Å². The van der Waals surface area contributed by atoms with Crippen molar-refractivity contribution < 1.29 is 0 Å². The van der Waals surface area contributed by atoms with Crippen LogP contribution in [-0.4, -0.2) is 5.75 Å². The van der Waals surface area contributed by atoms with Crippen LogP contribution in [0.15, 0.2) is 23.1 Å². The molecule has 0 aliphatic rings. The van der Waals surface area contributed by atoms with Crippen LogP contribution in [0.1, 0.15) is 19.4 Å². The first-order chi connectivity index (χ1) is 7.13. The molecule has 0 spiro atoms. The molecule has 0 fully saturated rings. The van der Waals surface area contributed by atoms with E-state index >= 15 is 0 Å². The van der Waals surface area contributed by atoms with Gasteiger partial charge < -0.3 is 5.73 Å². The summed E-state index contributed by atoms with van der Waals surface area (Å²) < 4.78 is 0. The van der Waals surface area contributed by atoms with Gasteiger partial charge in [0.25, 0.3) is 0 Å². The number of anilines is 1. The molecule has 0 aliphatic heterocycles. The third-order valence-electron chi connectivity index (χ3n) is 1.97. The van der Waals surface area contributed by atoms with Gasteiger partial charge in [0, 0.05) is 16.3 Å². The molecule has 2 N–H and O–H groups in total. The zero-order valence-corrected chi connectivity index (χ0v) is 9.97. The van der Waals surface area contributed by atoms with Gasteiger partial charge in [0.1, 0.15) is 0 Å². The zero-order chi connectivity index (χ0) is 11.3. The van der Waals surface area contributed by atoms with E-state index in [9.17, 15) is 0 Å². The molecule has 0 aliphatic carbocycles. The number of hydrogen-bond donors (Lipinski definition) is 1. The number of thioether (sulfide) groups is 1. The van der Waals surface area contributed by atoms with Gasteiger partial charge in [-0.2, -0.15) is 5.26 Å². The summed E-state index contributed by atoms with van der Waals surface area (Å²) in [5.74, 6) is 1.77. The minimum Gasteiger partial charge on any atom is -0.398 e. The van der Waals surface area contributed by atoms with Gasteiger partial charge in [0.05, 0.1) is 12.5 Å². The lowest BCUT2D eigenvalue weighted by atomic mass is 10.1. The van der Waals surface area contributed by atoms with Crippen LogP contribution in [0.4, 0.5) is 5.69 Å². The van der Waals surface area contributed by atoms with E-state index in [0.717, 1.165) is 11.3 Å². The summed E-state index contributed by atoms with van der Waals surface area (Å²) in [7, 11) is 0. The molecule has 0 unspecified atom stereocenters. The lowest BCUT2D eigenvalue weighted by molar-refractivity contribution is 0.750. The molecule has 0 saturated heterocycles. The van der Waals surface area contributed by atoms with Crippen LogP contribution in [0.3, 0.4) is 0 Å². The molecule has 2 nitrogen and oxygen atoms in total. The van der Waals surface area contributed by atoms with Crippen LogP contribution in [-0.2, 0) is 6.42 Å². The minimum absolute atomic E-state index is 0.391. The predicted molar refractivity (Wildman–Crippen MR) is 65.7 cm³/mol. The van der Waals surface area contributed by atoms with E-state index < -0.39 is 0 Å². The van der Waals surface area contributed by atoms with Crippen molar-refractivity contribution in [3.05, 3.63) is 23.8 Å². The van der Waals surface area contributed by atoms with Gasteiger partial charge in [0.15, 0.2) is 0 Å². The highest BCUT2D eigenvalue weighted by Gasteiger charge is 2.02. The predicted octanol–water partition coefficient (Wildman–Crippen LogP) is 3.08. The number of nitrogens with zero attached hydrogens (tertiary/aromatic N) is 1. The van der Waals surface area contributed by atoms with Crippen molar-refractivity contribution in [1.29, 1.82) is 5.26 Å². The molecule has 0 bridgehead atoms. The molecule has 1 aromatic rings. The highest BCUT2D eigenvalue weighted by Crippen LogP contribution is 2.24. The fourth-order valence-corrected chi connectivity index (χ4v) is 2.09. The van der Waals surface area contributed by atoms with E-state index in [0.29, 0.717) is 18.0 Å². The quantitative estimate of drug-likeness (QED) is 0.626. The molecular formula is C12H16N2S. The first-order valence-electron chi connectivity index (χ1n) is 5.01. The molecule has 1 aromatic carbocycles. The fraction of sp³-hybridized carbons (Fsp3) is 0.417. The topological polar surface area (TPSA) is 49.8 Å². The van der Waals surface area contributed by atoms with Gasteiger partial charge in [-0.25, -0.2) is 0 Å². The van der Waals surface area contributed by atoms with Crippen molar-refractivity contribution in [3.63, 3.8) is 0 Å². The van der Waals surface area contributed by atoms with E-state index in [-0.39, 0.29) is 0 Å². The second kappa shape index (κ2) is 5.67. The van der Waals surface area contributed by atoms with Gasteiger partial charge in [-0.05, 0) is 29.7 Å². The second-order valence-electron chi connectivity index (χ2n) is 3.90. The normalized spacial score (nSPS) is 10.3. The summed E-state index contributed by atoms with van der Waals surface area (Å²) in [6.45, 7) is 4.39. The van der Waals surface area contributed by atoms with E-state index in [4.69, 9.17) is 11.0 Å². The Morgan fingerprint density at radius 2 is 2.20 bits per heavy atom. The molecule has 0 amide bonds. The fourth-order valence-electron chi connectivity index (χ4n) is 1.17. The highest BCUT2D eigenvalue weighted by molar-refractivity contribution is 7.99. The third-order valence-corrected chi connectivity index (χ3v) is 3.39. The van der Waals surface area contributed by atoms with Crippen molar-refractivity contribution in [1.82, 2.24) is 0 Å². The highest BCUT2D eigenvalue weighted by atomic mass is 32.2. The van der Waals surface area contributed by atoms with E-state index in [1.807, 2.05) is 30.0 Å². The van der Waals surface area contributed by atoms with Gasteiger partial charge >= 0.3 is 0 Å². The van der Waals surface area contributed by atoms with Gasteiger partial charge in [-0.15, -0.1) is 11.8 Å². The molecule has 0 radical (unpaired) electrons. The lowest BCUT2D eigenvalue weighted by Gasteiger charge is -2.07. The van der Waals surface area contributed by atoms with Gasteiger partial charge in [0.2, 0.25) is 0 Å². The molecule has 0 aromatic heterocycles. The Morgan fingerprint density at radius 1 is 1.47 bits per heavy atom. The summed E-state index contributed by atoms with van der Waals surface area (Å²) in [5.41, 5.74) is 7.42. The maximum atomic E-state index is 8.64. The average Bonchev–Trinajstić information content (AvgIpc) is 2.19. The van der Waals surface area contributed by atoms with Gasteiger partial charge in [-0.1, -0.05) is 13.8 Å². The summed E-state index contributed by atoms with van der Waals surface area (Å²) >= 11 is 1.81. The number of nitrogens with two attached hydrogens (primary N) is 1. The summed E-state index contributed by atoms with van der Waals surface area (Å²) in [6, 6.07) is 8.05. The Kier molecular flexibility index (Phi) is 4.51. The van der Waals surface area contributed by atoms with Crippen LogP contribution in [0.2, 0.25) is 0 Å². The summed E-state index contributed by atoms with van der Waals surface area (Å²) in [4.78, 5) is 1.20. The summed E-state index contributed by atoms with van der Waals surface area (Å²) in [6.07, 6.45) is 0.391. The molecule has 3 heteroatoms. The van der Waals surface area contributed by atoms with Crippen LogP contribution in [0, 0.1) is 17.2 Å². The largest absolute Gasteiger partial charge is 0.398 e. The van der Waals surface area contributed by atoms with Crippen LogP contribution in [0.25, 0.3) is 0 Å². The van der Waals surface area contributed by atoms with Crippen molar-refractivity contribution in [2.45, 2.75) is 25.2 Å².